The van der Waals surface area contributed by atoms with Gasteiger partial charge >= 0.3 is 0 Å². The van der Waals surface area contributed by atoms with Gasteiger partial charge in [-0.15, -0.1) is 0 Å². The largest absolute Gasteiger partial charge is 0.328 e. The van der Waals surface area contributed by atoms with Crippen molar-refractivity contribution in [1.29, 1.82) is 0 Å². The average Bonchev–Trinajstić information content (AvgIpc) is 2.52. The molecule has 0 aromatic carbocycles. The smallest absolute Gasteiger partial charge is 0.223 e. The molecule has 1 heterocycles. The molecule has 2 N–H and O–H groups in total. The van der Waals surface area contributed by atoms with Crippen LogP contribution in [0, 0.1) is 11.8 Å². The molecule has 2 aliphatic rings. The van der Waals surface area contributed by atoms with E-state index in [0.29, 0.717) is 11.8 Å². The summed E-state index contributed by atoms with van der Waals surface area (Å²) in [4.78, 5) is 0. The summed E-state index contributed by atoms with van der Waals surface area (Å²) >= 11 is 0. The zero-order valence-electron chi connectivity index (χ0n) is 9.76. The van der Waals surface area contributed by atoms with Gasteiger partial charge in [-0.1, -0.05) is 20.8 Å². The van der Waals surface area contributed by atoms with Crippen LogP contribution in [0.3, 0.4) is 0 Å². The lowest BCUT2D eigenvalue weighted by atomic mass is 9.84. The zero-order chi connectivity index (χ0) is 10.8. The Kier molecular flexibility index (Phi) is 1.87. The van der Waals surface area contributed by atoms with E-state index < -0.39 is 5.91 Å². The van der Waals surface area contributed by atoms with Gasteiger partial charge in [0.1, 0.15) is 11.2 Å². The SMILES string of the molecule is CC(C)C1(C)OC(C)(N)OC12CC2C. The van der Waals surface area contributed by atoms with Crippen LogP contribution in [0.15, 0.2) is 0 Å². The van der Waals surface area contributed by atoms with Crippen molar-refractivity contribution in [1.82, 2.24) is 0 Å². The fourth-order valence-electron chi connectivity index (χ4n) is 2.83. The van der Waals surface area contributed by atoms with E-state index in [1.165, 1.54) is 0 Å². The first-order valence-electron chi connectivity index (χ1n) is 5.43. The second-order valence-electron chi connectivity index (χ2n) is 5.48. The Labute approximate surface area is 85.9 Å². The molecule has 1 saturated carbocycles. The maximum absolute atomic E-state index is 5.92. The summed E-state index contributed by atoms with van der Waals surface area (Å²) in [6.45, 7) is 10.5. The van der Waals surface area contributed by atoms with Gasteiger partial charge in [-0.05, 0) is 25.2 Å². The summed E-state index contributed by atoms with van der Waals surface area (Å²) in [7, 11) is 0. The van der Waals surface area contributed by atoms with Gasteiger partial charge in [-0.25, -0.2) is 0 Å². The fraction of sp³-hybridized carbons (Fsp3) is 1.00. The maximum Gasteiger partial charge on any atom is 0.223 e. The van der Waals surface area contributed by atoms with Crippen molar-refractivity contribution in [3.8, 4) is 0 Å². The number of hydrogen-bond donors (Lipinski definition) is 1. The molecule has 1 aliphatic carbocycles. The molecule has 0 aromatic rings. The van der Waals surface area contributed by atoms with Gasteiger partial charge < -0.3 is 9.47 Å². The quantitative estimate of drug-likeness (QED) is 0.701. The Balaban J connectivity index is 2.33. The van der Waals surface area contributed by atoms with Crippen molar-refractivity contribution in [2.45, 2.75) is 58.2 Å². The Hall–Kier alpha value is -0.120. The number of nitrogens with two attached hydrogens (primary N) is 1. The molecular weight excluding hydrogens is 178 g/mol. The topological polar surface area (TPSA) is 44.5 Å². The van der Waals surface area contributed by atoms with Gasteiger partial charge in [-0.3, -0.25) is 5.73 Å². The minimum atomic E-state index is -0.913. The van der Waals surface area contributed by atoms with Crippen LogP contribution in [0.5, 0.6) is 0 Å². The van der Waals surface area contributed by atoms with E-state index in [1.807, 2.05) is 0 Å². The first-order chi connectivity index (χ1) is 6.24. The Morgan fingerprint density at radius 2 is 1.79 bits per heavy atom. The number of rotatable bonds is 1. The molecule has 0 aromatic heterocycles. The lowest BCUT2D eigenvalue weighted by Gasteiger charge is -2.33. The third-order valence-corrected chi connectivity index (χ3v) is 3.99. The van der Waals surface area contributed by atoms with Gasteiger partial charge in [0.2, 0.25) is 5.91 Å². The van der Waals surface area contributed by atoms with Crippen molar-refractivity contribution >= 4 is 0 Å². The second-order valence-corrected chi connectivity index (χ2v) is 5.48. The Morgan fingerprint density at radius 3 is 2.07 bits per heavy atom. The van der Waals surface area contributed by atoms with E-state index in [1.54, 1.807) is 6.92 Å². The standard InChI is InChI=1S/C11H21NO2/c1-7(2)9(4)11(6-8(11)3)14-10(5,12)13-9/h7-8H,6,12H2,1-5H3. The molecule has 4 unspecified atom stereocenters. The molecule has 4 atom stereocenters. The first-order valence-corrected chi connectivity index (χ1v) is 5.43. The van der Waals surface area contributed by atoms with Gasteiger partial charge in [0.15, 0.2) is 0 Å². The van der Waals surface area contributed by atoms with Crippen molar-refractivity contribution in [2.24, 2.45) is 17.6 Å². The van der Waals surface area contributed by atoms with Gasteiger partial charge in [0.05, 0.1) is 0 Å². The van der Waals surface area contributed by atoms with Crippen molar-refractivity contribution in [3.63, 3.8) is 0 Å². The molecule has 1 aliphatic heterocycles. The average molecular weight is 199 g/mol. The molecule has 14 heavy (non-hydrogen) atoms. The molecular formula is C11H21NO2. The zero-order valence-corrected chi connectivity index (χ0v) is 9.76. The molecule has 0 bridgehead atoms. The third-order valence-electron chi connectivity index (χ3n) is 3.99. The van der Waals surface area contributed by atoms with Crippen LogP contribution >= 0.6 is 0 Å². The van der Waals surface area contributed by atoms with Gasteiger partial charge in [0.25, 0.3) is 0 Å². The van der Waals surface area contributed by atoms with E-state index in [0.717, 1.165) is 6.42 Å². The lowest BCUT2D eigenvalue weighted by Crippen LogP contribution is -2.45. The number of hydrogen-bond acceptors (Lipinski definition) is 3. The minimum Gasteiger partial charge on any atom is -0.328 e. The molecule has 0 radical (unpaired) electrons. The molecule has 0 amide bonds. The molecule has 3 heteroatoms. The van der Waals surface area contributed by atoms with E-state index in [4.69, 9.17) is 15.2 Å². The van der Waals surface area contributed by atoms with Crippen LogP contribution in [-0.2, 0) is 9.47 Å². The predicted octanol–water partition coefficient (Wildman–Crippen LogP) is 1.86. The summed E-state index contributed by atoms with van der Waals surface area (Å²) in [5, 5.41) is 0. The highest BCUT2D eigenvalue weighted by Gasteiger charge is 2.73. The predicted molar refractivity (Wildman–Crippen MR) is 54.5 cm³/mol. The molecule has 2 rings (SSSR count). The van der Waals surface area contributed by atoms with E-state index in [-0.39, 0.29) is 11.2 Å². The Morgan fingerprint density at radius 1 is 1.29 bits per heavy atom. The fourth-order valence-corrected chi connectivity index (χ4v) is 2.83. The molecule has 1 saturated heterocycles. The van der Waals surface area contributed by atoms with E-state index in [9.17, 15) is 0 Å². The number of ether oxygens (including phenoxy) is 2. The maximum atomic E-state index is 5.92. The van der Waals surface area contributed by atoms with Crippen LogP contribution in [0.25, 0.3) is 0 Å². The summed E-state index contributed by atoms with van der Waals surface area (Å²) in [5.41, 5.74) is 5.55. The summed E-state index contributed by atoms with van der Waals surface area (Å²) in [6, 6.07) is 0. The van der Waals surface area contributed by atoms with Crippen LogP contribution in [-0.4, -0.2) is 17.1 Å². The molecule has 2 fully saturated rings. The van der Waals surface area contributed by atoms with Crippen LogP contribution in [0.2, 0.25) is 0 Å². The van der Waals surface area contributed by atoms with Crippen molar-refractivity contribution in [3.05, 3.63) is 0 Å². The normalized spacial score (nSPS) is 57.2. The lowest BCUT2D eigenvalue weighted by molar-refractivity contribution is -0.177. The van der Waals surface area contributed by atoms with Crippen LogP contribution in [0.1, 0.15) is 41.0 Å². The van der Waals surface area contributed by atoms with E-state index >= 15 is 0 Å². The van der Waals surface area contributed by atoms with Crippen LogP contribution < -0.4 is 5.73 Å². The Bertz CT molecular complexity index is 264. The van der Waals surface area contributed by atoms with E-state index in [2.05, 4.69) is 27.7 Å². The van der Waals surface area contributed by atoms with Crippen molar-refractivity contribution in [2.75, 3.05) is 0 Å². The molecule has 82 valence electrons. The molecule has 1 spiro atoms. The first kappa shape index (κ1) is 10.4. The second kappa shape index (κ2) is 2.52. The molecule has 3 nitrogen and oxygen atoms in total. The summed E-state index contributed by atoms with van der Waals surface area (Å²) in [6.07, 6.45) is 1.06. The third kappa shape index (κ3) is 1.09. The van der Waals surface area contributed by atoms with Crippen molar-refractivity contribution < 1.29 is 9.47 Å². The summed E-state index contributed by atoms with van der Waals surface area (Å²) < 4.78 is 11.8. The highest BCUT2D eigenvalue weighted by atomic mass is 16.8. The van der Waals surface area contributed by atoms with Gasteiger partial charge in [-0.2, -0.15) is 0 Å². The monoisotopic (exact) mass is 199 g/mol. The highest BCUT2D eigenvalue weighted by molar-refractivity contribution is 5.19. The highest BCUT2D eigenvalue weighted by Crippen LogP contribution is 2.63. The van der Waals surface area contributed by atoms with Crippen LogP contribution in [0.4, 0.5) is 0 Å². The summed E-state index contributed by atoms with van der Waals surface area (Å²) in [5.74, 6) is 0.0575. The van der Waals surface area contributed by atoms with Gasteiger partial charge in [0, 0.05) is 6.92 Å². The minimum absolute atomic E-state index is 0.134.